The molecule has 0 spiro atoms. The number of fused-ring (bicyclic) bond motifs is 1. The zero-order valence-corrected chi connectivity index (χ0v) is 19.1. The van der Waals surface area contributed by atoms with Gasteiger partial charge in [0.15, 0.2) is 11.6 Å². The number of anilines is 1. The highest BCUT2D eigenvalue weighted by Crippen LogP contribution is 2.49. The summed E-state index contributed by atoms with van der Waals surface area (Å²) >= 11 is 0. The summed E-state index contributed by atoms with van der Waals surface area (Å²) in [6.07, 6.45) is -11.3. The van der Waals surface area contributed by atoms with Gasteiger partial charge in [-0.3, -0.25) is 14.3 Å². The van der Waals surface area contributed by atoms with E-state index in [9.17, 15) is 41.0 Å². The second-order valence-corrected chi connectivity index (χ2v) is 9.19. The number of rotatable bonds is 5. The van der Waals surface area contributed by atoms with E-state index >= 15 is 4.39 Å². The molecule has 2 atom stereocenters. The fourth-order valence-corrected chi connectivity index (χ4v) is 4.94. The summed E-state index contributed by atoms with van der Waals surface area (Å²) in [5.41, 5.74) is -1.93. The first-order chi connectivity index (χ1) is 16.6. The van der Waals surface area contributed by atoms with E-state index in [1.807, 2.05) is 0 Å². The quantitative estimate of drug-likeness (QED) is 0.514. The van der Waals surface area contributed by atoms with E-state index in [4.69, 9.17) is 10.5 Å². The molecule has 0 bridgehead atoms. The van der Waals surface area contributed by atoms with Crippen LogP contribution in [0, 0.1) is 18.7 Å². The molecule has 1 aliphatic carbocycles. The molecule has 4 rings (SSSR count). The molecular weight excluding hydrogens is 505 g/mol. The van der Waals surface area contributed by atoms with Gasteiger partial charge in [-0.05, 0) is 32.1 Å². The number of hydrogen-bond acceptors (Lipinski definition) is 6. The number of aromatic amines is 1. The number of nitrogens with zero attached hydrogens (tertiary/aromatic N) is 2. The van der Waals surface area contributed by atoms with Crippen molar-refractivity contribution >= 4 is 16.6 Å². The number of benzene rings is 1. The van der Waals surface area contributed by atoms with E-state index in [0.717, 1.165) is 12.0 Å². The van der Waals surface area contributed by atoms with Crippen LogP contribution < -0.4 is 26.6 Å². The molecule has 1 saturated heterocycles. The van der Waals surface area contributed by atoms with Crippen LogP contribution in [0.5, 0.6) is 5.75 Å². The van der Waals surface area contributed by atoms with Gasteiger partial charge in [-0.1, -0.05) is 0 Å². The maximum atomic E-state index is 15.6. The molecule has 8 nitrogen and oxygen atoms in total. The Kier molecular flexibility index (Phi) is 6.10. The average Bonchev–Trinajstić information content (AvgIpc) is 3.48. The lowest BCUT2D eigenvalue weighted by atomic mass is 9.83. The lowest BCUT2D eigenvalue weighted by Gasteiger charge is -2.39. The number of ether oxygens (including phenoxy) is 1. The molecule has 200 valence electrons. The first-order valence-corrected chi connectivity index (χ1v) is 11.0. The molecule has 1 aromatic heterocycles. The summed E-state index contributed by atoms with van der Waals surface area (Å²) in [7, 11) is 1.14. The summed E-state index contributed by atoms with van der Waals surface area (Å²) in [5.74, 6) is -2.77. The number of alkyl halides is 6. The molecule has 4 N–H and O–H groups in total. The molecule has 2 unspecified atom stereocenters. The molecule has 1 aliphatic heterocycles. The Labute approximate surface area is 198 Å². The lowest BCUT2D eigenvalue weighted by molar-refractivity contribution is -0.377. The highest BCUT2D eigenvalue weighted by Gasteiger charge is 2.74. The summed E-state index contributed by atoms with van der Waals surface area (Å²) in [6, 6.07) is -3.10. The maximum Gasteiger partial charge on any atom is 0.427 e. The minimum absolute atomic E-state index is 0.0162. The predicted octanol–water partition coefficient (Wildman–Crippen LogP) is 2.49. The van der Waals surface area contributed by atoms with Gasteiger partial charge in [0, 0.05) is 24.7 Å². The van der Waals surface area contributed by atoms with Gasteiger partial charge in [0.05, 0.1) is 18.5 Å². The van der Waals surface area contributed by atoms with Crippen LogP contribution in [-0.4, -0.2) is 58.9 Å². The van der Waals surface area contributed by atoms with E-state index in [-0.39, 0.29) is 46.9 Å². The van der Waals surface area contributed by atoms with Crippen molar-refractivity contribution in [2.45, 2.75) is 56.2 Å². The first-order valence-electron chi connectivity index (χ1n) is 11.0. The van der Waals surface area contributed by atoms with Gasteiger partial charge in [0.25, 0.3) is 11.2 Å². The second-order valence-electron chi connectivity index (χ2n) is 9.19. The van der Waals surface area contributed by atoms with Gasteiger partial charge in [-0.2, -0.15) is 26.3 Å². The first kappa shape index (κ1) is 26.3. The fraction of sp³-hybridized carbons (Fsp3) is 0.619. The molecule has 1 aromatic carbocycles. The molecule has 1 saturated carbocycles. The van der Waals surface area contributed by atoms with Gasteiger partial charge < -0.3 is 20.5 Å². The third kappa shape index (κ3) is 3.74. The van der Waals surface area contributed by atoms with Crippen molar-refractivity contribution in [3.8, 4) is 5.75 Å². The molecule has 2 aliphatic rings. The van der Waals surface area contributed by atoms with E-state index in [2.05, 4.69) is 4.98 Å². The third-order valence-corrected chi connectivity index (χ3v) is 7.00. The highest BCUT2D eigenvalue weighted by atomic mass is 19.4. The minimum Gasteiger partial charge on any atom is -0.492 e. The van der Waals surface area contributed by atoms with Crippen LogP contribution in [0.25, 0.3) is 10.9 Å². The topological polar surface area (TPSA) is 114 Å². The molecule has 36 heavy (non-hydrogen) atoms. The van der Waals surface area contributed by atoms with Gasteiger partial charge in [0.2, 0.25) is 0 Å². The number of halogens is 7. The minimum atomic E-state index is -6.11. The Balaban J connectivity index is 1.84. The van der Waals surface area contributed by atoms with E-state index < -0.39 is 53.5 Å². The Morgan fingerprint density at radius 1 is 1.11 bits per heavy atom. The predicted molar refractivity (Wildman–Crippen MR) is 114 cm³/mol. The van der Waals surface area contributed by atoms with E-state index in [0.29, 0.717) is 12.8 Å². The van der Waals surface area contributed by atoms with Crippen molar-refractivity contribution in [3.63, 3.8) is 0 Å². The number of aliphatic hydroxyl groups is 1. The number of hydrogen-bond donors (Lipinski definition) is 3. The maximum absolute atomic E-state index is 15.6. The molecule has 2 fully saturated rings. The van der Waals surface area contributed by atoms with Crippen LogP contribution in [0.1, 0.15) is 30.9 Å². The molecule has 2 aromatic rings. The Hall–Kier alpha value is -2.81. The van der Waals surface area contributed by atoms with Gasteiger partial charge in [0.1, 0.15) is 11.2 Å². The van der Waals surface area contributed by atoms with E-state index in [1.54, 1.807) is 0 Å². The number of methoxy groups -OCH3 is 1. The van der Waals surface area contributed by atoms with Crippen molar-refractivity contribution in [1.82, 2.24) is 9.55 Å². The van der Waals surface area contributed by atoms with Crippen molar-refractivity contribution in [2.75, 3.05) is 25.1 Å². The summed E-state index contributed by atoms with van der Waals surface area (Å²) in [6.45, 7) is 0.465. The Morgan fingerprint density at radius 2 is 1.69 bits per heavy atom. The highest BCUT2D eigenvalue weighted by molar-refractivity contribution is 5.93. The van der Waals surface area contributed by atoms with Crippen LogP contribution >= 0.6 is 0 Å². The zero-order valence-electron chi connectivity index (χ0n) is 19.1. The zero-order chi connectivity index (χ0) is 27.0. The summed E-state index contributed by atoms with van der Waals surface area (Å²) < 4.78 is 102. The number of aromatic nitrogens is 2. The summed E-state index contributed by atoms with van der Waals surface area (Å²) in [5, 5.41) is 9.55. The number of nitrogens with one attached hydrogen (secondary N) is 1. The third-order valence-electron chi connectivity index (χ3n) is 7.00. The van der Waals surface area contributed by atoms with E-state index in [1.165, 1.54) is 11.5 Å². The van der Waals surface area contributed by atoms with Crippen molar-refractivity contribution < 1.29 is 40.6 Å². The van der Waals surface area contributed by atoms with Gasteiger partial charge >= 0.3 is 18.0 Å². The smallest absolute Gasteiger partial charge is 0.427 e. The SMILES string of the molecule is COc1c(N2CCC(C(N)C(O)(C(F)(F)F)C(F)(F)F)C2)c(F)c(C)c2c(=O)[nH]c(=O)n(C3CC3)c12. The van der Waals surface area contributed by atoms with Crippen LogP contribution in [-0.2, 0) is 0 Å². The number of aryl methyl sites for hydroxylation is 1. The molecular formula is C21H23F7N4O4. The monoisotopic (exact) mass is 528 g/mol. The fourth-order valence-electron chi connectivity index (χ4n) is 4.94. The van der Waals surface area contributed by atoms with Crippen LogP contribution in [0.2, 0.25) is 0 Å². The van der Waals surface area contributed by atoms with Crippen LogP contribution in [0.4, 0.5) is 36.4 Å². The Morgan fingerprint density at radius 3 is 2.19 bits per heavy atom. The van der Waals surface area contributed by atoms with Crippen molar-refractivity contribution in [1.29, 1.82) is 0 Å². The molecule has 2 heterocycles. The van der Waals surface area contributed by atoms with Gasteiger partial charge in [-0.25, -0.2) is 9.18 Å². The molecule has 0 amide bonds. The Bertz CT molecular complexity index is 1300. The molecule has 15 heteroatoms. The van der Waals surface area contributed by atoms with Gasteiger partial charge in [-0.15, -0.1) is 0 Å². The summed E-state index contributed by atoms with van der Waals surface area (Å²) in [4.78, 5) is 28.4. The second kappa shape index (κ2) is 8.36. The number of H-pyrrole nitrogens is 1. The average molecular weight is 528 g/mol. The van der Waals surface area contributed by atoms with Crippen molar-refractivity contribution in [3.05, 3.63) is 32.2 Å². The van der Waals surface area contributed by atoms with Crippen molar-refractivity contribution in [2.24, 2.45) is 11.7 Å². The molecule has 0 radical (unpaired) electrons. The lowest BCUT2D eigenvalue weighted by Crippen LogP contribution is -2.69. The van der Waals surface area contributed by atoms with Crippen LogP contribution in [0.3, 0.4) is 0 Å². The normalized spacial score (nSPS) is 20.3. The van der Waals surface area contributed by atoms with Crippen LogP contribution in [0.15, 0.2) is 9.59 Å². The largest absolute Gasteiger partial charge is 0.492 e. The standard InChI is InChI=1S/C21H23F7N4O4/c1-8-11-13(32(10-3-4-10)18(34)30-17(11)33)15(36-2)14(12(8)22)31-6-5-9(7-31)16(29)19(35,20(23,24)25)21(26,27)28/h9-10,16,35H,3-7,29H2,1-2H3,(H,30,33,34). The number of nitrogens with two attached hydrogens (primary N) is 1.